The molecular weight excluding hydrogens is 363 g/mol. The van der Waals surface area contributed by atoms with Crippen LogP contribution in [0.3, 0.4) is 0 Å². The van der Waals surface area contributed by atoms with Gasteiger partial charge in [-0.3, -0.25) is 4.79 Å². The fourth-order valence-corrected chi connectivity index (χ4v) is 4.40. The summed E-state index contributed by atoms with van der Waals surface area (Å²) in [5.41, 5.74) is 1.11. The van der Waals surface area contributed by atoms with Crippen molar-refractivity contribution < 1.29 is 13.9 Å². The summed E-state index contributed by atoms with van der Waals surface area (Å²) < 4.78 is 19.2. The Morgan fingerprint density at radius 3 is 2.70 bits per heavy atom. The molecule has 0 aliphatic carbocycles. The van der Waals surface area contributed by atoms with E-state index in [1.165, 1.54) is 12.1 Å². The van der Waals surface area contributed by atoms with Crippen LogP contribution in [0, 0.1) is 5.82 Å². The Hall–Kier alpha value is -1.79. The van der Waals surface area contributed by atoms with Crippen molar-refractivity contribution in [1.29, 1.82) is 0 Å². The molecule has 1 aromatic heterocycles. The summed E-state index contributed by atoms with van der Waals surface area (Å²) >= 11 is 1.63. The molecule has 0 atom stereocenters. The third-order valence-electron chi connectivity index (χ3n) is 5.10. The van der Waals surface area contributed by atoms with Crippen LogP contribution in [0.2, 0.25) is 0 Å². The highest BCUT2D eigenvalue weighted by Gasteiger charge is 2.41. The Kier molecular flexibility index (Phi) is 5.96. The van der Waals surface area contributed by atoms with Gasteiger partial charge in [-0.25, -0.2) is 9.37 Å². The van der Waals surface area contributed by atoms with Crippen LogP contribution in [0.25, 0.3) is 0 Å². The predicted molar refractivity (Wildman–Crippen MR) is 106 cm³/mol. The van der Waals surface area contributed by atoms with E-state index < -0.39 is 5.41 Å². The molecule has 146 valence electrons. The fourth-order valence-electron chi connectivity index (χ4n) is 3.38. The Morgan fingerprint density at radius 2 is 2.07 bits per heavy atom. The van der Waals surface area contributed by atoms with E-state index in [1.807, 2.05) is 6.07 Å². The molecule has 6 heteroatoms. The van der Waals surface area contributed by atoms with Gasteiger partial charge in [-0.15, -0.1) is 11.3 Å². The molecule has 3 rings (SSSR count). The number of thiazole rings is 1. The summed E-state index contributed by atoms with van der Waals surface area (Å²) in [5, 5.41) is 6.16. The molecule has 0 spiro atoms. The minimum absolute atomic E-state index is 0.0293. The number of nitrogens with zero attached hydrogens (tertiary/aromatic N) is 1. The molecule has 0 radical (unpaired) electrons. The molecule has 0 saturated carbocycles. The number of ether oxygens (including phenoxy) is 1. The molecule has 1 aliphatic rings. The van der Waals surface area contributed by atoms with E-state index in [2.05, 4.69) is 36.5 Å². The van der Waals surface area contributed by atoms with Gasteiger partial charge in [0.05, 0.1) is 16.1 Å². The zero-order valence-corrected chi connectivity index (χ0v) is 17.0. The van der Waals surface area contributed by atoms with Crippen LogP contribution in [0.4, 0.5) is 4.39 Å². The van der Waals surface area contributed by atoms with Crippen LogP contribution in [0.15, 0.2) is 29.6 Å². The monoisotopic (exact) mass is 390 g/mol. The molecule has 1 amide bonds. The van der Waals surface area contributed by atoms with E-state index in [4.69, 9.17) is 4.74 Å². The van der Waals surface area contributed by atoms with Crippen molar-refractivity contribution in [3.63, 3.8) is 0 Å². The Morgan fingerprint density at radius 1 is 1.33 bits per heavy atom. The zero-order chi connectivity index (χ0) is 19.5. The third kappa shape index (κ3) is 4.55. The van der Waals surface area contributed by atoms with Gasteiger partial charge in [0.15, 0.2) is 0 Å². The number of carbonyl (C=O) groups is 1. The van der Waals surface area contributed by atoms with Crippen LogP contribution in [0.5, 0.6) is 0 Å². The second kappa shape index (κ2) is 8.07. The molecule has 27 heavy (non-hydrogen) atoms. The van der Waals surface area contributed by atoms with Crippen LogP contribution in [-0.4, -0.2) is 30.6 Å². The van der Waals surface area contributed by atoms with Crippen LogP contribution in [0.1, 0.15) is 49.9 Å². The average Bonchev–Trinajstić information content (AvgIpc) is 3.11. The van der Waals surface area contributed by atoms with Crippen molar-refractivity contribution in [3.05, 3.63) is 51.7 Å². The molecule has 2 aromatic rings. The molecule has 1 saturated heterocycles. The molecule has 1 aromatic carbocycles. The van der Waals surface area contributed by atoms with E-state index in [9.17, 15) is 9.18 Å². The summed E-state index contributed by atoms with van der Waals surface area (Å²) in [5.74, 6) is -0.368. The quantitative estimate of drug-likeness (QED) is 0.840. The summed E-state index contributed by atoms with van der Waals surface area (Å²) in [6.07, 6.45) is 1.82. The summed E-state index contributed by atoms with van der Waals surface area (Å²) in [7, 11) is 0. The second-order valence-electron chi connectivity index (χ2n) is 8.09. The van der Waals surface area contributed by atoms with Crippen molar-refractivity contribution in [2.45, 2.75) is 50.9 Å². The molecule has 1 aliphatic heterocycles. The van der Waals surface area contributed by atoms with Gasteiger partial charge in [0.25, 0.3) is 0 Å². The molecule has 0 unspecified atom stereocenters. The highest BCUT2D eigenvalue weighted by atomic mass is 32.1. The highest BCUT2D eigenvalue weighted by Crippen LogP contribution is 2.35. The topological polar surface area (TPSA) is 51.2 Å². The van der Waals surface area contributed by atoms with Crippen molar-refractivity contribution in [2.75, 3.05) is 19.8 Å². The van der Waals surface area contributed by atoms with Crippen molar-refractivity contribution in [3.8, 4) is 0 Å². The number of nitrogens with one attached hydrogen (secondary N) is 1. The summed E-state index contributed by atoms with van der Waals surface area (Å²) in [6.45, 7) is 7.95. The van der Waals surface area contributed by atoms with E-state index in [0.717, 1.165) is 16.3 Å². The van der Waals surface area contributed by atoms with Gasteiger partial charge in [-0.05, 0) is 30.5 Å². The van der Waals surface area contributed by atoms with Gasteiger partial charge < -0.3 is 10.1 Å². The standard InChI is InChI=1S/C21H27FN2O2S/c1-20(2,3)17-14-27-18(24-17)7-10-23-19(25)21(8-11-26-12-9-21)15-5-4-6-16(22)13-15/h4-6,13-14H,7-12H2,1-3H3,(H,23,25). The minimum Gasteiger partial charge on any atom is -0.381 e. The van der Waals surface area contributed by atoms with Crippen LogP contribution < -0.4 is 5.32 Å². The zero-order valence-electron chi connectivity index (χ0n) is 16.2. The predicted octanol–water partition coefficient (Wildman–Crippen LogP) is 3.99. The molecule has 2 heterocycles. The van der Waals surface area contributed by atoms with Crippen molar-refractivity contribution in [1.82, 2.24) is 10.3 Å². The van der Waals surface area contributed by atoms with Crippen molar-refractivity contribution >= 4 is 17.2 Å². The molecule has 4 nitrogen and oxygen atoms in total. The van der Waals surface area contributed by atoms with E-state index >= 15 is 0 Å². The number of rotatable bonds is 5. The fraction of sp³-hybridized carbons (Fsp3) is 0.524. The third-order valence-corrected chi connectivity index (χ3v) is 6.01. The highest BCUT2D eigenvalue weighted by molar-refractivity contribution is 7.09. The Balaban J connectivity index is 1.68. The maximum absolute atomic E-state index is 13.8. The smallest absolute Gasteiger partial charge is 0.230 e. The number of hydrogen-bond donors (Lipinski definition) is 1. The van der Waals surface area contributed by atoms with Gasteiger partial charge in [0.1, 0.15) is 5.82 Å². The number of carbonyl (C=O) groups excluding carboxylic acids is 1. The van der Waals surface area contributed by atoms with Gasteiger partial charge in [-0.1, -0.05) is 32.9 Å². The van der Waals surface area contributed by atoms with Crippen LogP contribution in [-0.2, 0) is 26.8 Å². The maximum atomic E-state index is 13.8. The SMILES string of the molecule is CC(C)(C)c1csc(CCNC(=O)C2(c3cccc(F)c3)CCOCC2)n1. The first-order valence-electron chi connectivity index (χ1n) is 9.38. The normalized spacial score (nSPS) is 16.9. The lowest BCUT2D eigenvalue weighted by Crippen LogP contribution is -2.48. The number of hydrogen-bond acceptors (Lipinski definition) is 4. The average molecular weight is 391 g/mol. The summed E-state index contributed by atoms with van der Waals surface area (Å²) in [4.78, 5) is 17.8. The molecule has 1 N–H and O–H groups in total. The first-order valence-corrected chi connectivity index (χ1v) is 10.3. The first-order chi connectivity index (χ1) is 12.8. The largest absolute Gasteiger partial charge is 0.381 e. The lowest BCUT2D eigenvalue weighted by atomic mass is 9.73. The number of halogens is 1. The first kappa shape index (κ1) is 20.0. The van der Waals surface area contributed by atoms with E-state index in [0.29, 0.717) is 39.0 Å². The molecule has 1 fully saturated rings. The maximum Gasteiger partial charge on any atom is 0.230 e. The lowest BCUT2D eigenvalue weighted by molar-refractivity contribution is -0.130. The van der Waals surface area contributed by atoms with Gasteiger partial charge in [0.2, 0.25) is 5.91 Å². The van der Waals surface area contributed by atoms with Gasteiger partial charge >= 0.3 is 0 Å². The molecule has 0 bridgehead atoms. The van der Waals surface area contributed by atoms with E-state index in [-0.39, 0.29) is 17.1 Å². The van der Waals surface area contributed by atoms with Crippen LogP contribution >= 0.6 is 11.3 Å². The van der Waals surface area contributed by atoms with E-state index in [1.54, 1.807) is 17.4 Å². The van der Waals surface area contributed by atoms with Crippen molar-refractivity contribution in [2.24, 2.45) is 0 Å². The Labute approximate surface area is 164 Å². The lowest BCUT2D eigenvalue weighted by Gasteiger charge is -2.36. The summed E-state index contributed by atoms with van der Waals surface area (Å²) in [6, 6.07) is 6.38. The Bertz CT molecular complexity index is 791. The molecular formula is C21H27FN2O2S. The number of benzene rings is 1. The minimum atomic E-state index is -0.722. The van der Waals surface area contributed by atoms with Gasteiger partial charge in [-0.2, -0.15) is 0 Å². The van der Waals surface area contributed by atoms with Gasteiger partial charge in [0, 0.05) is 37.0 Å². The second-order valence-corrected chi connectivity index (χ2v) is 9.03. The number of amides is 1. The number of aromatic nitrogens is 1.